The summed E-state index contributed by atoms with van der Waals surface area (Å²) in [5.41, 5.74) is 1.75. The Bertz CT molecular complexity index is 1290. The smallest absolute Gasteiger partial charge is 0.306 e. The van der Waals surface area contributed by atoms with Crippen molar-refractivity contribution < 1.29 is 8.42 Å². The molecule has 2 N–H and O–H groups in total. The molecule has 1 saturated heterocycles. The molecule has 0 bridgehead atoms. The first kappa shape index (κ1) is 17.6. The number of hydrogen-bond donors (Lipinski definition) is 2. The summed E-state index contributed by atoms with van der Waals surface area (Å²) in [6.07, 6.45) is 1.50. The highest BCUT2D eigenvalue weighted by Crippen LogP contribution is 2.35. The Labute approximate surface area is 165 Å². The highest BCUT2D eigenvalue weighted by atomic mass is 32.2. The van der Waals surface area contributed by atoms with Gasteiger partial charge in [0.2, 0.25) is 10.0 Å². The molecule has 0 saturated carbocycles. The van der Waals surface area contributed by atoms with E-state index >= 15 is 0 Å². The van der Waals surface area contributed by atoms with Crippen LogP contribution in [0.5, 0.6) is 0 Å². The number of imidazole rings is 1. The summed E-state index contributed by atoms with van der Waals surface area (Å²) in [6.45, 7) is 0.926. The minimum absolute atomic E-state index is 0.202. The molecule has 7 nitrogen and oxygen atoms in total. The predicted molar refractivity (Wildman–Crippen MR) is 109 cm³/mol. The van der Waals surface area contributed by atoms with Crippen LogP contribution < -0.4 is 5.69 Å². The molecule has 9 heteroatoms. The molecular weight excluding hydrogens is 396 g/mol. The van der Waals surface area contributed by atoms with Crippen LogP contribution in [-0.2, 0) is 10.0 Å². The van der Waals surface area contributed by atoms with E-state index in [9.17, 15) is 13.2 Å². The van der Waals surface area contributed by atoms with Gasteiger partial charge >= 0.3 is 5.69 Å². The van der Waals surface area contributed by atoms with Crippen molar-refractivity contribution in [2.24, 2.45) is 0 Å². The number of nitrogens with one attached hydrogen (secondary N) is 2. The maximum Gasteiger partial charge on any atom is 0.323 e. The molecule has 0 unspecified atom stereocenters. The van der Waals surface area contributed by atoms with Crippen LogP contribution in [0.3, 0.4) is 0 Å². The van der Waals surface area contributed by atoms with Crippen LogP contribution in [0.25, 0.3) is 21.3 Å². The Hall–Kier alpha value is -2.49. The maximum absolute atomic E-state index is 13.0. The Balaban J connectivity index is 1.36. The minimum atomic E-state index is -3.59. The summed E-state index contributed by atoms with van der Waals surface area (Å²) in [7, 11) is -3.59. The Morgan fingerprint density at radius 1 is 1.04 bits per heavy atom. The van der Waals surface area contributed by atoms with E-state index < -0.39 is 10.0 Å². The number of benzene rings is 2. The highest BCUT2D eigenvalue weighted by molar-refractivity contribution is 7.89. The molecule has 0 amide bonds. The summed E-state index contributed by atoms with van der Waals surface area (Å²) in [5.74, 6) is 0.285. The molecule has 1 fully saturated rings. The number of rotatable bonds is 3. The number of nitrogens with zero attached hydrogens (tertiary/aromatic N) is 2. The fourth-order valence-electron chi connectivity index (χ4n) is 3.73. The van der Waals surface area contributed by atoms with Crippen molar-refractivity contribution in [2.45, 2.75) is 23.7 Å². The van der Waals surface area contributed by atoms with Gasteiger partial charge in [0.05, 0.1) is 31.2 Å². The van der Waals surface area contributed by atoms with Crippen LogP contribution in [0, 0.1) is 0 Å². The van der Waals surface area contributed by atoms with Crippen LogP contribution in [-0.4, -0.2) is 40.8 Å². The van der Waals surface area contributed by atoms with Crippen LogP contribution in [0.2, 0.25) is 0 Å². The lowest BCUT2D eigenvalue weighted by molar-refractivity contribution is 0.319. The molecule has 4 aromatic rings. The van der Waals surface area contributed by atoms with Crippen molar-refractivity contribution in [1.82, 2.24) is 19.3 Å². The number of aromatic nitrogens is 3. The summed E-state index contributed by atoms with van der Waals surface area (Å²) < 4.78 is 28.8. The first-order chi connectivity index (χ1) is 13.5. The summed E-state index contributed by atoms with van der Waals surface area (Å²) in [4.78, 5) is 21.6. The number of para-hydroxylation sites is 1. The molecular formula is C19H18N4O3S2. The zero-order chi connectivity index (χ0) is 19.3. The Morgan fingerprint density at radius 3 is 2.57 bits per heavy atom. The van der Waals surface area contributed by atoms with Gasteiger partial charge in [-0.3, -0.25) is 0 Å². The molecule has 1 aliphatic heterocycles. The van der Waals surface area contributed by atoms with E-state index in [-0.39, 0.29) is 16.5 Å². The van der Waals surface area contributed by atoms with Gasteiger partial charge < -0.3 is 9.97 Å². The lowest BCUT2D eigenvalue weighted by Gasteiger charge is -2.30. The zero-order valence-electron chi connectivity index (χ0n) is 14.9. The second-order valence-corrected chi connectivity index (χ2v) is 9.98. The first-order valence-electron chi connectivity index (χ1n) is 9.08. The first-order valence-corrected chi connectivity index (χ1v) is 11.3. The third-order valence-corrected chi connectivity index (χ3v) is 8.33. The monoisotopic (exact) mass is 414 g/mol. The van der Waals surface area contributed by atoms with Crippen LogP contribution in [0.15, 0.2) is 52.2 Å². The number of fused-ring (bicyclic) bond motifs is 2. The van der Waals surface area contributed by atoms with Gasteiger partial charge in [0.25, 0.3) is 0 Å². The van der Waals surface area contributed by atoms with Gasteiger partial charge in [0, 0.05) is 19.0 Å². The molecule has 0 aliphatic carbocycles. The van der Waals surface area contributed by atoms with Crippen LogP contribution in [0.4, 0.5) is 0 Å². The van der Waals surface area contributed by atoms with Crippen molar-refractivity contribution >= 4 is 42.6 Å². The molecule has 2 aromatic heterocycles. The average Bonchev–Trinajstić information content (AvgIpc) is 3.29. The number of H-pyrrole nitrogens is 2. The molecule has 5 rings (SSSR count). The quantitative estimate of drug-likeness (QED) is 0.538. The van der Waals surface area contributed by atoms with E-state index in [0.29, 0.717) is 24.1 Å². The fourth-order valence-corrected chi connectivity index (χ4v) is 6.36. The normalized spacial score (nSPS) is 16.9. The van der Waals surface area contributed by atoms with Crippen molar-refractivity contribution in [3.8, 4) is 0 Å². The number of aromatic amines is 2. The molecule has 144 valence electrons. The molecule has 1 aliphatic rings. The number of hydrogen-bond acceptors (Lipinski definition) is 5. The van der Waals surface area contributed by atoms with E-state index in [1.807, 2.05) is 18.2 Å². The third-order valence-electron chi connectivity index (χ3n) is 5.24. The van der Waals surface area contributed by atoms with Crippen LogP contribution in [0.1, 0.15) is 23.8 Å². The topological polar surface area (TPSA) is 98.9 Å². The zero-order valence-corrected chi connectivity index (χ0v) is 16.5. The molecule has 0 spiro atoms. The second-order valence-electron chi connectivity index (χ2n) is 6.98. The SMILES string of the molecule is O=c1[nH]c2ccc(S(=O)(=O)N3CCC(c4nc5ccccc5s4)CC3)cc2[nH]1. The summed E-state index contributed by atoms with van der Waals surface area (Å²) in [6, 6.07) is 12.7. The van der Waals surface area contributed by atoms with Gasteiger partial charge in [0.1, 0.15) is 0 Å². The Morgan fingerprint density at radius 2 is 1.79 bits per heavy atom. The van der Waals surface area contributed by atoms with E-state index in [1.165, 1.54) is 15.1 Å². The summed E-state index contributed by atoms with van der Waals surface area (Å²) >= 11 is 1.70. The van der Waals surface area contributed by atoms with E-state index in [1.54, 1.807) is 23.5 Å². The number of piperidine rings is 1. The maximum atomic E-state index is 13.0. The standard InChI is InChI=1S/C19H18N4O3S2/c24-19-21-14-6-5-13(11-16(14)22-19)28(25,26)23-9-7-12(8-10-23)18-20-15-3-1-2-4-17(15)27-18/h1-6,11-12H,7-10H2,(H2,21,22,24). The van der Waals surface area contributed by atoms with Crippen molar-refractivity contribution in [1.29, 1.82) is 0 Å². The predicted octanol–water partition coefficient (Wildman–Crippen LogP) is 3.03. The number of thiazole rings is 1. The average molecular weight is 415 g/mol. The van der Waals surface area contributed by atoms with Crippen molar-refractivity contribution in [3.05, 3.63) is 58.0 Å². The van der Waals surface area contributed by atoms with Gasteiger partial charge in [-0.2, -0.15) is 4.31 Å². The van der Waals surface area contributed by atoms with Gasteiger partial charge in [0.15, 0.2) is 0 Å². The molecule has 3 heterocycles. The molecule has 0 radical (unpaired) electrons. The number of sulfonamides is 1. The summed E-state index contributed by atoms with van der Waals surface area (Å²) in [5, 5.41) is 1.09. The molecule has 28 heavy (non-hydrogen) atoms. The van der Waals surface area contributed by atoms with Crippen LogP contribution >= 0.6 is 11.3 Å². The Kier molecular flexibility index (Phi) is 4.11. The van der Waals surface area contributed by atoms with Gasteiger partial charge in [-0.1, -0.05) is 12.1 Å². The van der Waals surface area contributed by atoms with Crippen molar-refractivity contribution in [2.75, 3.05) is 13.1 Å². The van der Waals surface area contributed by atoms with E-state index in [2.05, 4.69) is 16.0 Å². The lowest BCUT2D eigenvalue weighted by atomic mass is 9.99. The van der Waals surface area contributed by atoms with Crippen molar-refractivity contribution in [3.63, 3.8) is 0 Å². The largest absolute Gasteiger partial charge is 0.323 e. The second kappa shape index (κ2) is 6.54. The molecule has 2 aromatic carbocycles. The minimum Gasteiger partial charge on any atom is -0.306 e. The lowest BCUT2D eigenvalue weighted by Crippen LogP contribution is -2.37. The van der Waals surface area contributed by atoms with Gasteiger partial charge in [-0.15, -0.1) is 11.3 Å². The molecule has 0 atom stereocenters. The van der Waals surface area contributed by atoms with E-state index in [4.69, 9.17) is 4.98 Å². The fraction of sp³-hybridized carbons (Fsp3) is 0.263. The van der Waals surface area contributed by atoms with Gasteiger partial charge in [-0.25, -0.2) is 18.2 Å². The van der Waals surface area contributed by atoms with Gasteiger partial charge in [-0.05, 0) is 43.2 Å². The van der Waals surface area contributed by atoms with E-state index in [0.717, 1.165) is 23.4 Å². The third kappa shape index (κ3) is 2.95. The highest BCUT2D eigenvalue weighted by Gasteiger charge is 2.31.